The summed E-state index contributed by atoms with van der Waals surface area (Å²) in [5.41, 5.74) is 3.00. The summed E-state index contributed by atoms with van der Waals surface area (Å²) in [6.07, 6.45) is 0.281. The van der Waals surface area contributed by atoms with E-state index in [-0.39, 0.29) is 12.3 Å². The van der Waals surface area contributed by atoms with Crippen molar-refractivity contribution in [2.24, 2.45) is 0 Å². The van der Waals surface area contributed by atoms with Crippen LogP contribution in [-0.2, 0) is 11.2 Å². The van der Waals surface area contributed by atoms with Crippen molar-refractivity contribution in [2.75, 3.05) is 0 Å². The van der Waals surface area contributed by atoms with Crippen molar-refractivity contribution >= 4 is 5.91 Å². The Balaban J connectivity index is 1.99. The SMILES string of the molecule is CC(C)c1ccc(CC(=O)NC(C#N)c2ccccc2)cc1. The summed E-state index contributed by atoms with van der Waals surface area (Å²) >= 11 is 0. The maximum atomic E-state index is 12.1. The minimum Gasteiger partial charge on any atom is -0.336 e. The maximum Gasteiger partial charge on any atom is 0.225 e. The summed E-state index contributed by atoms with van der Waals surface area (Å²) in [6.45, 7) is 4.28. The first kappa shape index (κ1) is 15.8. The lowest BCUT2D eigenvalue weighted by atomic mass is 10.0. The van der Waals surface area contributed by atoms with Gasteiger partial charge in [0.15, 0.2) is 0 Å². The zero-order valence-corrected chi connectivity index (χ0v) is 12.9. The number of nitrogens with zero attached hydrogens (tertiary/aromatic N) is 1. The summed E-state index contributed by atoms with van der Waals surface area (Å²) in [4.78, 5) is 12.1. The van der Waals surface area contributed by atoms with Crippen LogP contribution in [0.4, 0.5) is 0 Å². The molecule has 22 heavy (non-hydrogen) atoms. The van der Waals surface area contributed by atoms with Gasteiger partial charge in [-0.25, -0.2) is 0 Å². The van der Waals surface area contributed by atoms with Gasteiger partial charge in [-0.1, -0.05) is 68.4 Å². The second-order valence-corrected chi connectivity index (χ2v) is 5.61. The van der Waals surface area contributed by atoms with E-state index in [1.54, 1.807) is 0 Å². The van der Waals surface area contributed by atoms with Crippen LogP contribution in [0, 0.1) is 11.3 Å². The van der Waals surface area contributed by atoms with Crippen molar-refractivity contribution in [3.05, 3.63) is 71.3 Å². The van der Waals surface area contributed by atoms with Gasteiger partial charge >= 0.3 is 0 Å². The molecule has 3 nitrogen and oxygen atoms in total. The number of nitrogens with one attached hydrogen (secondary N) is 1. The molecule has 1 unspecified atom stereocenters. The van der Waals surface area contributed by atoms with Crippen LogP contribution < -0.4 is 5.32 Å². The zero-order chi connectivity index (χ0) is 15.9. The molecule has 1 atom stereocenters. The second kappa shape index (κ2) is 7.42. The Hall–Kier alpha value is -2.60. The van der Waals surface area contributed by atoms with Crippen LogP contribution in [0.5, 0.6) is 0 Å². The molecule has 3 heteroatoms. The maximum absolute atomic E-state index is 12.1. The quantitative estimate of drug-likeness (QED) is 0.912. The third kappa shape index (κ3) is 4.20. The normalized spacial score (nSPS) is 11.7. The highest BCUT2D eigenvalue weighted by molar-refractivity contribution is 5.79. The standard InChI is InChI=1S/C19H20N2O/c1-14(2)16-10-8-15(9-11-16)12-19(22)21-18(13-20)17-6-4-3-5-7-17/h3-11,14,18H,12H2,1-2H3,(H,21,22). The Labute approximate surface area is 131 Å². The number of amides is 1. The molecule has 0 heterocycles. The predicted molar refractivity (Wildman–Crippen MR) is 87.2 cm³/mol. The molecule has 0 saturated carbocycles. The number of carbonyl (C=O) groups is 1. The molecule has 0 spiro atoms. The van der Waals surface area contributed by atoms with Gasteiger partial charge in [-0.3, -0.25) is 4.79 Å². The average Bonchev–Trinajstić information content (AvgIpc) is 2.54. The van der Waals surface area contributed by atoms with Crippen molar-refractivity contribution in [1.29, 1.82) is 5.26 Å². The van der Waals surface area contributed by atoms with E-state index in [0.717, 1.165) is 11.1 Å². The lowest BCUT2D eigenvalue weighted by molar-refractivity contribution is -0.120. The first-order valence-electron chi connectivity index (χ1n) is 7.43. The van der Waals surface area contributed by atoms with E-state index in [9.17, 15) is 10.1 Å². The summed E-state index contributed by atoms with van der Waals surface area (Å²) in [6, 6.07) is 18.8. The largest absolute Gasteiger partial charge is 0.336 e. The van der Waals surface area contributed by atoms with E-state index < -0.39 is 6.04 Å². The molecule has 1 amide bonds. The second-order valence-electron chi connectivity index (χ2n) is 5.61. The lowest BCUT2D eigenvalue weighted by Gasteiger charge is -2.12. The van der Waals surface area contributed by atoms with E-state index in [0.29, 0.717) is 5.92 Å². The Morgan fingerprint density at radius 2 is 1.68 bits per heavy atom. The van der Waals surface area contributed by atoms with Gasteiger partial charge in [-0.05, 0) is 22.6 Å². The van der Waals surface area contributed by atoms with Crippen molar-refractivity contribution in [2.45, 2.75) is 32.2 Å². The molecule has 0 radical (unpaired) electrons. The van der Waals surface area contributed by atoms with Crippen molar-refractivity contribution < 1.29 is 4.79 Å². The fraction of sp³-hybridized carbons (Fsp3) is 0.263. The molecular formula is C19H20N2O. The minimum atomic E-state index is -0.608. The van der Waals surface area contributed by atoms with E-state index in [2.05, 4.69) is 25.2 Å². The fourth-order valence-electron chi connectivity index (χ4n) is 2.25. The van der Waals surface area contributed by atoms with Crippen LogP contribution >= 0.6 is 0 Å². The summed E-state index contributed by atoms with van der Waals surface area (Å²) < 4.78 is 0. The van der Waals surface area contributed by atoms with Crippen LogP contribution in [0.3, 0.4) is 0 Å². The lowest BCUT2D eigenvalue weighted by Crippen LogP contribution is -2.28. The van der Waals surface area contributed by atoms with Crippen LogP contribution in [0.2, 0.25) is 0 Å². The van der Waals surface area contributed by atoms with E-state index in [1.807, 2.05) is 54.6 Å². The van der Waals surface area contributed by atoms with E-state index in [4.69, 9.17) is 0 Å². The number of carbonyl (C=O) groups excluding carboxylic acids is 1. The van der Waals surface area contributed by atoms with Crippen molar-refractivity contribution in [3.63, 3.8) is 0 Å². The molecule has 2 aromatic carbocycles. The Kier molecular flexibility index (Phi) is 5.32. The van der Waals surface area contributed by atoms with Crippen LogP contribution in [0.25, 0.3) is 0 Å². The van der Waals surface area contributed by atoms with Crippen LogP contribution in [-0.4, -0.2) is 5.91 Å². The van der Waals surface area contributed by atoms with Gasteiger partial charge in [-0.15, -0.1) is 0 Å². The minimum absolute atomic E-state index is 0.146. The first-order valence-corrected chi connectivity index (χ1v) is 7.43. The van der Waals surface area contributed by atoms with Crippen molar-refractivity contribution in [3.8, 4) is 6.07 Å². The molecule has 0 saturated heterocycles. The third-order valence-electron chi connectivity index (χ3n) is 3.58. The highest BCUT2D eigenvalue weighted by Gasteiger charge is 2.13. The molecule has 0 aliphatic rings. The number of rotatable bonds is 5. The van der Waals surface area contributed by atoms with Gasteiger partial charge in [0, 0.05) is 0 Å². The molecule has 0 bridgehead atoms. The van der Waals surface area contributed by atoms with Gasteiger partial charge in [0.05, 0.1) is 12.5 Å². The Bertz CT molecular complexity index is 654. The molecule has 0 aliphatic carbocycles. The van der Waals surface area contributed by atoms with Gasteiger partial charge in [0.2, 0.25) is 5.91 Å². The highest BCUT2D eigenvalue weighted by atomic mass is 16.1. The zero-order valence-electron chi connectivity index (χ0n) is 12.9. The Morgan fingerprint density at radius 3 is 2.23 bits per heavy atom. The monoisotopic (exact) mass is 292 g/mol. The van der Waals surface area contributed by atoms with E-state index in [1.165, 1.54) is 5.56 Å². The van der Waals surface area contributed by atoms with E-state index >= 15 is 0 Å². The average molecular weight is 292 g/mol. The molecule has 0 aromatic heterocycles. The molecule has 112 valence electrons. The van der Waals surface area contributed by atoms with Gasteiger partial charge < -0.3 is 5.32 Å². The number of nitriles is 1. The smallest absolute Gasteiger partial charge is 0.225 e. The van der Waals surface area contributed by atoms with Gasteiger partial charge in [0.1, 0.15) is 6.04 Å². The molecule has 1 N–H and O–H groups in total. The van der Waals surface area contributed by atoms with Gasteiger partial charge in [0.25, 0.3) is 0 Å². The third-order valence-corrected chi connectivity index (χ3v) is 3.58. The van der Waals surface area contributed by atoms with Crippen molar-refractivity contribution in [1.82, 2.24) is 5.32 Å². The predicted octanol–water partition coefficient (Wildman–Crippen LogP) is 3.73. The fourth-order valence-corrected chi connectivity index (χ4v) is 2.25. The molecule has 2 rings (SSSR count). The number of hydrogen-bond acceptors (Lipinski definition) is 2. The summed E-state index contributed by atoms with van der Waals surface area (Å²) in [5.74, 6) is 0.330. The molecule has 0 aliphatic heterocycles. The Morgan fingerprint density at radius 1 is 1.05 bits per heavy atom. The van der Waals surface area contributed by atoms with Gasteiger partial charge in [-0.2, -0.15) is 5.26 Å². The molecule has 2 aromatic rings. The highest BCUT2D eigenvalue weighted by Crippen LogP contribution is 2.15. The summed E-state index contributed by atoms with van der Waals surface area (Å²) in [5, 5.41) is 12.0. The number of hydrogen-bond donors (Lipinski definition) is 1. The van der Waals surface area contributed by atoms with Crippen LogP contribution in [0.1, 0.15) is 42.5 Å². The number of benzene rings is 2. The van der Waals surface area contributed by atoms with Crippen LogP contribution in [0.15, 0.2) is 54.6 Å². The topological polar surface area (TPSA) is 52.9 Å². The first-order chi connectivity index (χ1) is 10.6. The molecular weight excluding hydrogens is 272 g/mol. The molecule has 0 fully saturated rings. The summed E-state index contributed by atoms with van der Waals surface area (Å²) in [7, 11) is 0.